The highest BCUT2D eigenvalue weighted by molar-refractivity contribution is 8.32. The first-order valence-electron chi connectivity index (χ1n) is 12.8. The third kappa shape index (κ3) is 7.21. The standard InChI is InChI=1S/C28H32F3N3O5S/c1-40(2,3)14-13-38-27(37)24-19(9-11-21(24)26(36)39-17-18-7-5-4-6-8-18)16-34-25(35)22-15-20(28(29,30)31)10-12-23(22)32-33-34/h4-8,10,12,15,19,21,24H,9,11,13-14,16-17H2,1-3H3/t19-,21-,24-/m0/s1. The molecule has 0 amide bonds. The van der Waals surface area contributed by atoms with Gasteiger partial charge in [0.15, 0.2) is 0 Å². The lowest BCUT2D eigenvalue weighted by atomic mass is 9.89. The highest BCUT2D eigenvalue weighted by Crippen LogP contribution is 2.40. The van der Waals surface area contributed by atoms with E-state index in [1.165, 1.54) is 0 Å². The van der Waals surface area contributed by atoms with E-state index < -0.39 is 57.0 Å². The average Bonchev–Trinajstić information content (AvgIpc) is 3.32. The van der Waals surface area contributed by atoms with Gasteiger partial charge in [-0.3, -0.25) is 14.4 Å². The summed E-state index contributed by atoms with van der Waals surface area (Å²) in [5.74, 6) is -2.63. The summed E-state index contributed by atoms with van der Waals surface area (Å²) in [6.07, 6.45) is 2.38. The summed E-state index contributed by atoms with van der Waals surface area (Å²) in [5.41, 5.74) is -0.895. The number of benzene rings is 2. The number of halogens is 3. The van der Waals surface area contributed by atoms with Crippen LogP contribution in [0, 0.1) is 17.8 Å². The van der Waals surface area contributed by atoms with E-state index in [0.29, 0.717) is 18.6 Å². The Hall–Kier alpha value is -3.41. The second-order valence-electron chi connectivity index (χ2n) is 10.8. The normalized spacial score (nSPS) is 19.9. The Morgan fingerprint density at radius 3 is 2.42 bits per heavy atom. The maximum absolute atomic E-state index is 13.3. The molecule has 3 aromatic rings. The molecule has 4 rings (SSSR count). The van der Waals surface area contributed by atoms with Gasteiger partial charge in [0.1, 0.15) is 12.1 Å². The van der Waals surface area contributed by atoms with Crippen LogP contribution in [0.2, 0.25) is 0 Å². The molecule has 0 saturated heterocycles. The second-order valence-corrected chi connectivity index (χ2v) is 15.4. The van der Waals surface area contributed by atoms with Crippen LogP contribution in [0.4, 0.5) is 13.2 Å². The predicted octanol–water partition coefficient (Wildman–Crippen LogP) is 4.43. The molecule has 1 aromatic heterocycles. The van der Waals surface area contributed by atoms with E-state index in [-0.39, 0.29) is 30.7 Å². The van der Waals surface area contributed by atoms with Crippen molar-refractivity contribution in [2.24, 2.45) is 17.8 Å². The van der Waals surface area contributed by atoms with Gasteiger partial charge >= 0.3 is 18.1 Å². The number of carbonyl (C=O) groups is 2. The van der Waals surface area contributed by atoms with E-state index in [2.05, 4.69) is 29.1 Å². The van der Waals surface area contributed by atoms with Gasteiger partial charge in [-0.2, -0.15) is 13.2 Å². The molecular formula is C28H32F3N3O5S. The van der Waals surface area contributed by atoms with Crippen molar-refractivity contribution in [3.8, 4) is 0 Å². The molecule has 216 valence electrons. The summed E-state index contributed by atoms with van der Waals surface area (Å²) >= 11 is 0. The van der Waals surface area contributed by atoms with E-state index in [0.717, 1.165) is 28.4 Å². The van der Waals surface area contributed by atoms with Gasteiger partial charge in [0, 0.05) is 5.75 Å². The zero-order valence-electron chi connectivity index (χ0n) is 22.5. The van der Waals surface area contributed by atoms with Gasteiger partial charge in [0.25, 0.3) is 5.56 Å². The average molecular weight is 580 g/mol. The Morgan fingerprint density at radius 2 is 1.75 bits per heavy atom. The topological polar surface area (TPSA) is 100 Å². The molecule has 2 aromatic carbocycles. The molecule has 1 heterocycles. The first-order valence-corrected chi connectivity index (χ1v) is 15.8. The number of nitrogens with zero attached hydrogens (tertiary/aromatic N) is 3. The number of esters is 2. The zero-order chi connectivity index (χ0) is 29.1. The lowest BCUT2D eigenvalue weighted by Crippen LogP contribution is -2.36. The predicted molar refractivity (Wildman–Crippen MR) is 146 cm³/mol. The maximum atomic E-state index is 13.3. The molecule has 1 saturated carbocycles. The number of hydrogen-bond donors (Lipinski definition) is 0. The van der Waals surface area contributed by atoms with Crippen molar-refractivity contribution in [1.82, 2.24) is 15.0 Å². The van der Waals surface area contributed by atoms with Gasteiger partial charge in [-0.1, -0.05) is 35.5 Å². The number of fused-ring (bicyclic) bond motifs is 1. The van der Waals surface area contributed by atoms with Crippen molar-refractivity contribution in [1.29, 1.82) is 0 Å². The van der Waals surface area contributed by atoms with Crippen LogP contribution in [0.5, 0.6) is 0 Å². The fourth-order valence-electron chi connectivity index (χ4n) is 4.83. The molecule has 1 fully saturated rings. The third-order valence-corrected chi connectivity index (χ3v) is 8.38. The van der Waals surface area contributed by atoms with Crippen LogP contribution < -0.4 is 5.56 Å². The van der Waals surface area contributed by atoms with Crippen LogP contribution in [0.25, 0.3) is 10.9 Å². The number of ether oxygens (including phenoxy) is 2. The Balaban J connectivity index is 1.57. The number of alkyl halides is 3. The van der Waals surface area contributed by atoms with Gasteiger partial charge in [0.05, 0.1) is 35.9 Å². The first-order chi connectivity index (χ1) is 18.8. The lowest BCUT2D eigenvalue weighted by Gasteiger charge is -2.26. The quantitative estimate of drug-likeness (QED) is 0.346. The summed E-state index contributed by atoms with van der Waals surface area (Å²) in [5, 5.41) is 7.59. The van der Waals surface area contributed by atoms with E-state index in [9.17, 15) is 27.6 Å². The molecule has 0 unspecified atom stereocenters. The van der Waals surface area contributed by atoms with Crippen LogP contribution >= 0.6 is 10.0 Å². The van der Waals surface area contributed by atoms with E-state index in [1.54, 1.807) is 0 Å². The lowest BCUT2D eigenvalue weighted by molar-refractivity contribution is -0.161. The fourth-order valence-corrected chi connectivity index (χ4v) is 5.41. The number of aromatic nitrogens is 3. The molecule has 40 heavy (non-hydrogen) atoms. The minimum absolute atomic E-state index is 0.0312. The molecule has 0 spiro atoms. The van der Waals surface area contributed by atoms with Crippen LogP contribution in [-0.4, -0.2) is 58.1 Å². The third-order valence-electron chi connectivity index (χ3n) is 6.99. The first kappa shape index (κ1) is 29.6. The highest BCUT2D eigenvalue weighted by atomic mass is 32.3. The van der Waals surface area contributed by atoms with E-state index >= 15 is 0 Å². The molecule has 0 radical (unpaired) electrons. The number of hydrogen-bond acceptors (Lipinski definition) is 7. The van der Waals surface area contributed by atoms with Crippen LogP contribution in [0.1, 0.15) is 24.0 Å². The van der Waals surface area contributed by atoms with Crippen LogP contribution in [0.3, 0.4) is 0 Å². The number of carbonyl (C=O) groups excluding carboxylic acids is 2. The van der Waals surface area contributed by atoms with Gasteiger partial charge in [-0.25, -0.2) is 14.7 Å². The van der Waals surface area contributed by atoms with Gasteiger partial charge in [0.2, 0.25) is 0 Å². The van der Waals surface area contributed by atoms with Crippen molar-refractivity contribution in [3.63, 3.8) is 0 Å². The summed E-state index contributed by atoms with van der Waals surface area (Å²) in [6, 6.07) is 11.8. The Morgan fingerprint density at radius 1 is 1.02 bits per heavy atom. The van der Waals surface area contributed by atoms with Crippen molar-refractivity contribution < 1.29 is 32.2 Å². The summed E-state index contributed by atoms with van der Waals surface area (Å²) in [7, 11) is -0.928. The van der Waals surface area contributed by atoms with Gasteiger partial charge in [-0.15, -0.1) is 5.10 Å². The molecule has 0 N–H and O–H groups in total. The van der Waals surface area contributed by atoms with Gasteiger partial charge < -0.3 is 9.47 Å². The summed E-state index contributed by atoms with van der Waals surface area (Å²) < 4.78 is 51.8. The SMILES string of the molecule is CS(C)(C)CCOC(=O)[C@H]1[C@H](Cn2nnc3ccc(C(F)(F)F)cc3c2=O)CC[C@@H]1C(=O)OCc1ccccc1. The smallest absolute Gasteiger partial charge is 0.416 e. The summed E-state index contributed by atoms with van der Waals surface area (Å²) in [4.78, 5) is 39.5. The largest absolute Gasteiger partial charge is 0.465 e. The van der Waals surface area contributed by atoms with E-state index in [1.807, 2.05) is 30.3 Å². The Labute approximate surface area is 231 Å². The molecule has 12 heteroatoms. The monoisotopic (exact) mass is 579 g/mol. The van der Waals surface area contributed by atoms with Crippen molar-refractivity contribution in [3.05, 3.63) is 70.0 Å². The Kier molecular flexibility index (Phi) is 8.86. The molecule has 1 aliphatic rings. The van der Waals surface area contributed by atoms with Crippen LogP contribution in [0.15, 0.2) is 53.3 Å². The van der Waals surface area contributed by atoms with Crippen LogP contribution in [-0.2, 0) is 38.4 Å². The zero-order valence-corrected chi connectivity index (χ0v) is 23.3. The molecule has 0 bridgehead atoms. The minimum Gasteiger partial charge on any atom is -0.465 e. The molecule has 1 aliphatic carbocycles. The molecule has 8 nitrogen and oxygen atoms in total. The fraction of sp³-hybridized carbons (Fsp3) is 0.464. The van der Waals surface area contributed by atoms with E-state index in [4.69, 9.17) is 9.47 Å². The molecule has 3 atom stereocenters. The maximum Gasteiger partial charge on any atom is 0.416 e. The Bertz CT molecular complexity index is 1420. The van der Waals surface area contributed by atoms with Crippen molar-refractivity contribution in [2.45, 2.75) is 32.2 Å². The molecular weight excluding hydrogens is 547 g/mol. The second kappa shape index (κ2) is 12.0. The van der Waals surface area contributed by atoms with Crippen molar-refractivity contribution >= 4 is 32.9 Å². The highest BCUT2D eigenvalue weighted by Gasteiger charge is 2.47. The number of rotatable bonds is 9. The van der Waals surface area contributed by atoms with Crippen molar-refractivity contribution in [2.75, 3.05) is 31.1 Å². The molecule has 0 aliphatic heterocycles. The van der Waals surface area contributed by atoms with Gasteiger partial charge in [-0.05, 0) is 61.3 Å². The minimum atomic E-state index is -4.63. The summed E-state index contributed by atoms with van der Waals surface area (Å²) in [6.45, 7) is 0.139.